The first-order chi connectivity index (χ1) is 8.58. The summed E-state index contributed by atoms with van der Waals surface area (Å²) in [4.78, 5) is 13.3. The average Bonchev–Trinajstić information content (AvgIpc) is 2.34. The van der Waals surface area contributed by atoms with Crippen LogP contribution in [0.1, 0.15) is 49.0 Å². The Morgan fingerprint density at radius 3 is 2.28 bits per heavy atom. The Balaban J connectivity index is 2.06. The van der Waals surface area contributed by atoms with E-state index in [0.29, 0.717) is 17.6 Å². The Morgan fingerprint density at radius 2 is 1.78 bits per heavy atom. The zero-order chi connectivity index (χ0) is 13.1. The lowest BCUT2D eigenvalue weighted by molar-refractivity contribution is 0.0696. The van der Waals surface area contributed by atoms with Crippen molar-refractivity contribution in [3.8, 4) is 0 Å². The van der Waals surface area contributed by atoms with Gasteiger partial charge in [0.15, 0.2) is 0 Å². The van der Waals surface area contributed by atoms with Gasteiger partial charge in [-0.05, 0) is 44.4 Å². The van der Waals surface area contributed by atoms with Gasteiger partial charge in [0.2, 0.25) is 0 Å². The van der Waals surface area contributed by atoms with Crippen LogP contribution < -0.4 is 0 Å². The number of benzene rings is 1. The predicted octanol–water partition coefficient (Wildman–Crippen LogP) is 3.15. The van der Waals surface area contributed by atoms with Gasteiger partial charge in [-0.1, -0.05) is 18.6 Å². The summed E-state index contributed by atoms with van der Waals surface area (Å²) in [5.41, 5.74) is 1.55. The van der Waals surface area contributed by atoms with E-state index in [1.165, 1.54) is 24.8 Å². The lowest BCUT2D eigenvalue weighted by atomic mass is 9.96. The molecule has 0 aromatic heterocycles. The van der Waals surface area contributed by atoms with Crippen molar-refractivity contribution in [2.45, 2.75) is 51.7 Å². The van der Waals surface area contributed by atoms with Gasteiger partial charge in [-0.3, -0.25) is 4.90 Å². The van der Waals surface area contributed by atoms with Gasteiger partial charge in [-0.15, -0.1) is 0 Å². The van der Waals surface area contributed by atoms with Crippen LogP contribution in [0.3, 0.4) is 0 Å². The number of aromatic carboxylic acids is 1. The van der Waals surface area contributed by atoms with E-state index in [1.54, 1.807) is 12.1 Å². The molecule has 1 fully saturated rings. The third-order valence-corrected chi connectivity index (χ3v) is 3.94. The van der Waals surface area contributed by atoms with Crippen LogP contribution in [0.15, 0.2) is 24.3 Å². The molecule has 98 valence electrons. The van der Waals surface area contributed by atoms with E-state index in [9.17, 15) is 4.79 Å². The second-order valence-electron chi connectivity index (χ2n) is 5.30. The van der Waals surface area contributed by atoms with Crippen molar-refractivity contribution < 1.29 is 9.90 Å². The zero-order valence-corrected chi connectivity index (χ0v) is 11.1. The highest BCUT2D eigenvalue weighted by Crippen LogP contribution is 2.24. The molecule has 1 aromatic rings. The Morgan fingerprint density at radius 1 is 1.22 bits per heavy atom. The minimum Gasteiger partial charge on any atom is -0.478 e. The highest BCUT2D eigenvalue weighted by atomic mass is 16.4. The highest BCUT2D eigenvalue weighted by Gasteiger charge is 2.24. The van der Waals surface area contributed by atoms with Crippen LogP contribution >= 0.6 is 0 Å². The maximum absolute atomic E-state index is 10.8. The summed E-state index contributed by atoms with van der Waals surface area (Å²) < 4.78 is 0. The normalized spacial score (nSPS) is 25.0. The third kappa shape index (κ3) is 2.91. The number of carboxylic acids is 1. The molecule has 0 amide bonds. The van der Waals surface area contributed by atoms with Crippen LogP contribution in [-0.2, 0) is 6.54 Å². The number of hydrogen-bond donors (Lipinski definition) is 1. The number of piperidine rings is 1. The topological polar surface area (TPSA) is 40.5 Å². The van der Waals surface area contributed by atoms with Crippen LogP contribution in [0.5, 0.6) is 0 Å². The largest absolute Gasteiger partial charge is 0.478 e. The zero-order valence-electron chi connectivity index (χ0n) is 11.1. The van der Waals surface area contributed by atoms with Crippen molar-refractivity contribution in [2.24, 2.45) is 0 Å². The molecule has 0 unspecified atom stereocenters. The van der Waals surface area contributed by atoms with E-state index in [-0.39, 0.29) is 0 Å². The minimum atomic E-state index is -0.860. The van der Waals surface area contributed by atoms with Gasteiger partial charge < -0.3 is 5.11 Å². The van der Waals surface area contributed by atoms with E-state index < -0.39 is 5.97 Å². The van der Waals surface area contributed by atoms with Gasteiger partial charge in [-0.25, -0.2) is 4.79 Å². The maximum atomic E-state index is 10.8. The van der Waals surface area contributed by atoms with Crippen molar-refractivity contribution in [2.75, 3.05) is 0 Å². The average molecular weight is 247 g/mol. The SMILES string of the molecule is C[C@@H]1CCC[C@H](C)N1Cc1ccc(C(=O)O)cc1. The van der Waals surface area contributed by atoms with Gasteiger partial charge in [0.1, 0.15) is 0 Å². The molecule has 0 saturated carbocycles. The van der Waals surface area contributed by atoms with Crippen molar-refractivity contribution in [3.05, 3.63) is 35.4 Å². The fraction of sp³-hybridized carbons (Fsp3) is 0.533. The summed E-state index contributed by atoms with van der Waals surface area (Å²) in [6.45, 7) is 5.48. The first-order valence-corrected chi connectivity index (χ1v) is 6.66. The molecule has 1 heterocycles. The predicted molar refractivity (Wildman–Crippen MR) is 71.7 cm³/mol. The van der Waals surface area contributed by atoms with Crippen LogP contribution in [0.4, 0.5) is 0 Å². The van der Waals surface area contributed by atoms with Crippen molar-refractivity contribution >= 4 is 5.97 Å². The summed E-state index contributed by atoms with van der Waals surface area (Å²) >= 11 is 0. The first-order valence-electron chi connectivity index (χ1n) is 6.66. The van der Waals surface area contributed by atoms with E-state index in [1.807, 2.05) is 12.1 Å². The minimum absolute atomic E-state index is 0.360. The molecule has 2 atom stereocenters. The number of carboxylic acid groups (broad SMARTS) is 1. The molecule has 1 aliphatic heterocycles. The molecule has 3 heteroatoms. The molecule has 0 spiro atoms. The molecule has 0 bridgehead atoms. The molecule has 3 nitrogen and oxygen atoms in total. The Labute approximate surface area is 108 Å². The van der Waals surface area contributed by atoms with Crippen molar-refractivity contribution in [1.29, 1.82) is 0 Å². The second kappa shape index (κ2) is 5.53. The molecular weight excluding hydrogens is 226 g/mol. The van der Waals surface area contributed by atoms with Crippen LogP contribution in [0.2, 0.25) is 0 Å². The Bertz CT molecular complexity index is 403. The number of likely N-dealkylation sites (tertiary alicyclic amines) is 1. The van der Waals surface area contributed by atoms with Crippen molar-refractivity contribution in [3.63, 3.8) is 0 Å². The quantitative estimate of drug-likeness (QED) is 0.892. The summed E-state index contributed by atoms with van der Waals surface area (Å²) in [6.07, 6.45) is 3.84. The molecule has 1 aliphatic rings. The van der Waals surface area contributed by atoms with E-state index in [2.05, 4.69) is 18.7 Å². The maximum Gasteiger partial charge on any atom is 0.335 e. The summed E-state index contributed by atoms with van der Waals surface area (Å²) in [5.74, 6) is -0.860. The smallest absolute Gasteiger partial charge is 0.335 e. The van der Waals surface area contributed by atoms with Gasteiger partial charge >= 0.3 is 5.97 Å². The lowest BCUT2D eigenvalue weighted by Crippen LogP contribution is -2.42. The molecule has 1 saturated heterocycles. The summed E-state index contributed by atoms with van der Waals surface area (Å²) in [7, 11) is 0. The molecule has 0 aliphatic carbocycles. The number of carbonyl (C=O) groups is 1. The Hall–Kier alpha value is -1.35. The fourth-order valence-corrected chi connectivity index (χ4v) is 2.75. The standard InChI is InChI=1S/C15H21NO2/c1-11-4-3-5-12(2)16(11)10-13-6-8-14(9-7-13)15(17)18/h6-9,11-12H,3-5,10H2,1-2H3,(H,17,18)/t11-,12+. The molecule has 1 aromatic carbocycles. The molecule has 2 rings (SSSR count). The highest BCUT2D eigenvalue weighted by molar-refractivity contribution is 5.87. The van der Waals surface area contributed by atoms with Gasteiger partial charge in [0.05, 0.1) is 5.56 Å². The first kappa shape index (κ1) is 13.1. The van der Waals surface area contributed by atoms with E-state index >= 15 is 0 Å². The van der Waals surface area contributed by atoms with Crippen LogP contribution in [0, 0.1) is 0 Å². The van der Waals surface area contributed by atoms with Gasteiger partial charge in [-0.2, -0.15) is 0 Å². The number of rotatable bonds is 3. The Kier molecular flexibility index (Phi) is 4.02. The summed E-state index contributed by atoms with van der Waals surface area (Å²) in [6, 6.07) is 8.48. The monoisotopic (exact) mass is 247 g/mol. The molecule has 1 N–H and O–H groups in total. The molecule has 18 heavy (non-hydrogen) atoms. The fourth-order valence-electron chi connectivity index (χ4n) is 2.75. The van der Waals surface area contributed by atoms with Crippen molar-refractivity contribution in [1.82, 2.24) is 4.90 Å². The second-order valence-corrected chi connectivity index (χ2v) is 5.30. The summed E-state index contributed by atoms with van der Waals surface area (Å²) in [5, 5.41) is 8.87. The van der Waals surface area contributed by atoms with Gasteiger partial charge in [0, 0.05) is 18.6 Å². The van der Waals surface area contributed by atoms with Gasteiger partial charge in [0.25, 0.3) is 0 Å². The van der Waals surface area contributed by atoms with E-state index in [0.717, 1.165) is 6.54 Å². The van der Waals surface area contributed by atoms with Crippen LogP contribution in [-0.4, -0.2) is 28.1 Å². The number of hydrogen-bond acceptors (Lipinski definition) is 2. The molecule has 0 radical (unpaired) electrons. The van der Waals surface area contributed by atoms with E-state index in [4.69, 9.17) is 5.11 Å². The lowest BCUT2D eigenvalue weighted by Gasteiger charge is -2.39. The third-order valence-electron chi connectivity index (χ3n) is 3.94. The van der Waals surface area contributed by atoms with Crippen LogP contribution in [0.25, 0.3) is 0 Å². The molecular formula is C15H21NO2. The number of nitrogens with zero attached hydrogens (tertiary/aromatic N) is 1.